The van der Waals surface area contributed by atoms with Crippen LogP contribution in [0.25, 0.3) is 0 Å². The van der Waals surface area contributed by atoms with E-state index >= 15 is 0 Å². The summed E-state index contributed by atoms with van der Waals surface area (Å²) < 4.78 is 13.3. The van der Waals surface area contributed by atoms with E-state index in [0.717, 1.165) is 5.56 Å². The van der Waals surface area contributed by atoms with Crippen LogP contribution in [0.4, 0.5) is 4.39 Å². The molecule has 1 N–H and O–H groups in total. The van der Waals surface area contributed by atoms with E-state index < -0.39 is 5.97 Å². The quantitative estimate of drug-likeness (QED) is 0.849. The number of alkyl halides is 1. The van der Waals surface area contributed by atoms with Gasteiger partial charge in [-0.2, -0.15) is 0 Å². The first-order valence-corrected chi connectivity index (χ1v) is 5.22. The average molecular weight is 261 g/mol. The fourth-order valence-corrected chi connectivity index (χ4v) is 1.67. The zero-order valence-electron chi connectivity index (χ0n) is 7.68. The van der Waals surface area contributed by atoms with E-state index in [9.17, 15) is 9.18 Å². The van der Waals surface area contributed by atoms with Gasteiger partial charge in [0, 0.05) is 5.33 Å². The lowest BCUT2D eigenvalue weighted by atomic mass is 10.0. The number of hydrogen-bond acceptors (Lipinski definition) is 1. The fraction of sp³-hybridized carbons (Fsp3) is 0.300. The van der Waals surface area contributed by atoms with Crippen molar-refractivity contribution < 1.29 is 14.3 Å². The lowest BCUT2D eigenvalue weighted by molar-refractivity contribution is -0.136. The van der Waals surface area contributed by atoms with Gasteiger partial charge in [-0.3, -0.25) is 4.79 Å². The molecule has 0 unspecified atom stereocenters. The molecule has 0 bridgehead atoms. The summed E-state index contributed by atoms with van der Waals surface area (Å²) >= 11 is 3.16. The monoisotopic (exact) mass is 260 g/mol. The molecular formula is C10H10BrFO2. The topological polar surface area (TPSA) is 37.3 Å². The molecule has 1 rings (SSSR count). The standard InChI is InChI=1S/C10H10BrFO2/c1-6-2-8(5-11)9(12)3-7(6)4-10(13)14/h2-3H,4-5H2,1H3,(H,13,14). The summed E-state index contributed by atoms with van der Waals surface area (Å²) in [6.45, 7) is 1.78. The number of carboxylic acid groups (broad SMARTS) is 1. The van der Waals surface area contributed by atoms with Crippen molar-refractivity contribution in [2.24, 2.45) is 0 Å². The summed E-state index contributed by atoms with van der Waals surface area (Å²) in [5.74, 6) is -1.30. The molecule has 0 fully saturated rings. The van der Waals surface area contributed by atoms with Gasteiger partial charge in [-0.15, -0.1) is 0 Å². The van der Waals surface area contributed by atoms with Crippen molar-refractivity contribution >= 4 is 21.9 Å². The van der Waals surface area contributed by atoms with Crippen molar-refractivity contribution in [3.8, 4) is 0 Å². The van der Waals surface area contributed by atoms with Crippen LogP contribution in [0.5, 0.6) is 0 Å². The molecule has 1 aromatic carbocycles. The summed E-state index contributed by atoms with van der Waals surface area (Å²) in [4.78, 5) is 10.5. The molecule has 76 valence electrons. The van der Waals surface area contributed by atoms with Crippen LogP contribution in [0.3, 0.4) is 0 Å². The molecule has 0 aliphatic heterocycles. The normalized spacial score (nSPS) is 10.2. The summed E-state index contributed by atoms with van der Waals surface area (Å²) in [7, 11) is 0. The van der Waals surface area contributed by atoms with Gasteiger partial charge in [0.2, 0.25) is 0 Å². The molecule has 1 aromatic rings. The van der Waals surface area contributed by atoms with Crippen LogP contribution in [-0.4, -0.2) is 11.1 Å². The van der Waals surface area contributed by atoms with Crippen LogP contribution < -0.4 is 0 Å². The van der Waals surface area contributed by atoms with Gasteiger partial charge in [0.1, 0.15) is 5.82 Å². The Morgan fingerprint density at radius 2 is 2.14 bits per heavy atom. The minimum absolute atomic E-state index is 0.134. The fourth-order valence-electron chi connectivity index (χ4n) is 1.24. The Labute approximate surface area is 89.9 Å². The van der Waals surface area contributed by atoms with E-state index in [0.29, 0.717) is 16.5 Å². The second-order valence-electron chi connectivity index (χ2n) is 3.07. The Morgan fingerprint density at radius 1 is 1.50 bits per heavy atom. The SMILES string of the molecule is Cc1cc(CBr)c(F)cc1CC(=O)O. The zero-order valence-corrected chi connectivity index (χ0v) is 9.27. The predicted octanol–water partition coefficient (Wildman–Crippen LogP) is 2.66. The molecule has 0 atom stereocenters. The smallest absolute Gasteiger partial charge is 0.307 e. The first kappa shape index (κ1) is 11.2. The summed E-state index contributed by atoms with van der Waals surface area (Å²) in [6, 6.07) is 2.96. The molecule has 0 saturated carbocycles. The number of rotatable bonds is 3. The van der Waals surface area contributed by atoms with Crippen LogP contribution in [0, 0.1) is 12.7 Å². The third-order valence-electron chi connectivity index (χ3n) is 1.99. The highest BCUT2D eigenvalue weighted by atomic mass is 79.9. The third kappa shape index (κ3) is 2.54. The molecule has 0 heterocycles. The lowest BCUT2D eigenvalue weighted by Gasteiger charge is -2.06. The molecule has 4 heteroatoms. The molecule has 0 aliphatic rings. The highest BCUT2D eigenvalue weighted by Gasteiger charge is 2.08. The maximum atomic E-state index is 13.3. The minimum Gasteiger partial charge on any atom is -0.481 e. The molecule has 0 spiro atoms. The Kier molecular flexibility index (Phi) is 3.63. The van der Waals surface area contributed by atoms with E-state index in [1.54, 1.807) is 13.0 Å². The first-order valence-electron chi connectivity index (χ1n) is 4.10. The number of carbonyl (C=O) groups is 1. The van der Waals surface area contributed by atoms with Crippen molar-refractivity contribution in [3.05, 3.63) is 34.6 Å². The Balaban J connectivity index is 3.08. The van der Waals surface area contributed by atoms with E-state index in [1.165, 1.54) is 6.07 Å². The van der Waals surface area contributed by atoms with Crippen LogP contribution in [0.2, 0.25) is 0 Å². The Morgan fingerprint density at radius 3 is 2.64 bits per heavy atom. The minimum atomic E-state index is -0.945. The van der Waals surface area contributed by atoms with Crippen molar-refractivity contribution in [1.29, 1.82) is 0 Å². The van der Waals surface area contributed by atoms with Crippen LogP contribution in [0.15, 0.2) is 12.1 Å². The van der Waals surface area contributed by atoms with Gasteiger partial charge in [0.05, 0.1) is 6.42 Å². The van der Waals surface area contributed by atoms with Crippen molar-refractivity contribution in [3.63, 3.8) is 0 Å². The number of aryl methyl sites for hydroxylation is 1. The number of aliphatic carboxylic acids is 1. The van der Waals surface area contributed by atoms with Crippen molar-refractivity contribution in [1.82, 2.24) is 0 Å². The molecular weight excluding hydrogens is 251 g/mol. The number of carboxylic acids is 1. The van der Waals surface area contributed by atoms with E-state index in [4.69, 9.17) is 5.11 Å². The third-order valence-corrected chi connectivity index (χ3v) is 2.59. The van der Waals surface area contributed by atoms with Gasteiger partial charge in [-0.1, -0.05) is 22.0 Å². The van der Waals surface area contributed by atoms with Crippen LogP contribution in [0.1, 0.15) is 16.7 Å². The largest absolute Gasteiger partial charge is 0.481 e. The lowest BCUT2D eigenvalue weighted by Crippen LogP contribution is -2.03. The highest BCUT2D eigenvalue weighted by molar-refractivity contribution is 9.08. The second kappa shape index (κ2) is 4.55. The average Bonchev–Trinajstić information content (AvgIpc) is 2.10. The Hall–Kier alpha value is -0.900. The van der Waals surface area contributed by atoms with Gasteiger partial charge >= 0.3 is 5.97 Å². The summed E-state index contributed by atoms with van der Waals surface area (Å²) in [5, 5.41) is 9.01. The molecule has 0 saturated heterocycles. The first-order chi connectivity index (χ1) is 6.54. The molecule has 0 radical (unpaired) electrons. The molecule has 0 amide bonds. The summed E-state index contributed by atoms with van der Waals surface area (Å²) in [5.41, 5.74) is 1.89. The maximum absolute atomic E-state index is 13.3. The highest BCUT2D eigenvalue weighted by Crippen LogP contribution is 2.18. The van der Waals surface area contributed by atoms with Gasteiger partial charge < -0.3 is 5.11 Å². The van der Waals surface area contributed by atoms with Crippen LogP contribution in [-0.2, 0) is 16.5 Å². The molecule has 2 nitrogen and oxygen atoms in total. The van der Waals surface area contributed by atoms with Crippen molar-refractivity contribution in [2.75, 3.05) is 0 Å². The van der Waals surface area contributed by atoms with E-state index in [2.05, 4.69) is 15.9 Å². The number of benzene rings is 1. The van der Waals surface area contributed by atoms with Crippen molar-refractivity contribution in [2.45, 2.75) is 18.7 Å². The predicted molar refractivity (Wildman–Crippen MR) is 55.1 cm³/mol. The van der Waals surface area contributed by atoms with Gasteiger partial charge in [-0.05, 0) is 29.7 Å². The molecule has 0 aliphatic carbocycles. The zero-order chi connectivity index (χ0) is 10.7. The van der Waals surface area contributed by atoms with E-state index in [1.807, 2.05) is 0 Å². The second-order valence-corrected chi connectivity index (χ2v) is 3.63. The number of halogens is 2. The van der Waals surface area contributed by atoms with E-state index in [-0.39, 0.29) is 12.2 Å². The number of hydrogen-bond donors (Lipinski definition) is 1. The van der Waals surface area contributed by atoms with Crippen LogP contribution >= 0.6 is 15.9 Å². The van der Waals surface area contributed by atoms with Gasteiger partial charge in [0.25, 0.3) is 0 Å². The van der Waals surface area contributed by atoms with Gasteiger partial charge in [0.15, 0.2) is 0 Å². The maximum Gasteiger partial charge on any atom is 0.307 e. The Bertz CT molecular complexity index is 363. The summed E-state index contributed by atoms with van der Waals surface area (Å²) in [6.07, 6.45) is -0.134. The molecule has 14 heavy (non-hydrogen) atoms. The molecule has 0 aromatic heterocycles. The van der Waals surface area contributed by atoms with Gasteiger partial charge in [-0.25, -0.2) is 4.39 Å².